The van der Waals surface area contributed by atoms with Gasteiger partial charge < -0.3 is 15.4 Å². The van der Waals surface area contributed by atoms with E-state index >= 15 is 0 Å². The number of carbonyl (C=O) groups excluding carboxylic acids is 2. The van der Waals surface area contributed by atoms with Crippen LogP contribution in [-0.4, -0.2) is 55.6 Å². The molecule has 3 rings (SSSR count). The number of carbonyl (C=O) groups is 2. The maximum Gasteiger partial charge on any atom is 0.251 e. The highest BCUT2D eigenvalue weighted by atomic mass is 35.5. The van der Waals surface area contributed by atoms with Gasteiger partial charge in [-0.25, -0.2) is 4.39 Å². The molecule has 1 saturated heterocycles. The largest absolute Gasteiger partial charge is 0.379 e. The molecule has 0 aromatic heterocycles. The van der Waals surface area contributed by atoms with Gasteiger partial charge in [0, 0.05) is 30.2 Å². The molecule has 1 aliphatic rings. The number of rotatable bonds is 9. The molecule has 2 aromatic carbocycles. The minimum atomic E-state index is -0.684. The zero-order valence-corrected chi connectivity index (χ0v) is 19.8. The fraction of sp³-hybridized carbons (Fsp3) is 0.440. The molecule has 1 aliphatic heterocycles. The zero-order chi connectivity index (χ0) is 23.8. The Morgan fingerprint density at radius 1 is 1.09 bits per heavy atom. The summed E-state index contributed by atoms with van der Waals surface area (Å²) in [6.45, 7) is 6.92. The van der Waals surface area contributed by atoms with Gasteiger partial charge in [-0.15, -0.1) is 0 Å². The van der Waals surface area contributed by atoms with Crippen molar-refractivity contribution >= 4 is 23.4 Å². The van der Waals surface area contributed by atoms with Gasteiger partial charge in [0.05, 0.1) is 19.3 Å². The van der Waals surface area contributed by atoms with Crippen molar-refractivity contribution in [1.29, 1.82) is 0 Å². The highest BCUT2D eigenvalue weighted by Crippen LogP contribution is 2.22. The Morgan fingerprint density at radius 2 is 1.73 bits per heavy atom. The lowest BCUT2D eigenvalue weighted by molar-refractivity contribution is -0.124. The maximum atomic E-state index is 13.5. The Bertz CT molecular complexity index is 917. The van der Waals surface area contributed by atoms with E-state index in [1.165, 1.54) is 12.1 Å². The van der Waals surface area contributed by atoms with E-state index < -0.39 is 6.04 Å². The van der Waals surface area contributed by atoms with Crippen LogP contribution in [0.25, 0.3) is 0 Å². The summed E-state index contributed by atoms with van der Waals surface area (Å²) in [5.74, 6) is -0.929. The molecule has 0 aliphatic carbocycles. The van der Waals surface area contributed by atoms with Crippen molar-refractivity contribution in [3.63, 3.8) is 0 Å². The van der Waals surface area contributed by atoms with Crippen molar-refractivity contribution in [1.82, 2.24) is 15.5 Å². The van der Waals surface area contributed by atoms with Gasteiger partial charge in [0.2, 0.25) is 5.91 Å². The predicted octanol–water partition coefficient (Wildman–Crippen LogP) is 3.81. The van der Waals surface area contributed by atoms with E-state index in [0.29, 0.717) is 30.3 Å². The summed E-state index contributed by atoms with van der Waals surface area (Å²) < 4.78 is 18.9. The normalized spacial score (nSPS) is 17.1. The first-order valence-corrected chi connectivity index (χ1v) is 11.7. The Morgan fingerprint density at radius 3 is 2.33 bits per heavy atom. The van der Waals surface area contributed by atoms with Crippen LogP contribution in [0.1, 0.15) is 42.2 Å². The lowest BCUT2D eigenvalue weighted by Gasteiger charge is -2.35. The van der Waals surface area contributed by atoms with Crippen LogP contribution >= 0.6 is 11.6 Å². The molecule has 0 radical (unpaired) electrons. The number of ether oxygens (including phenoxy) is 1. The first-order chi connectivity index (χ1) is 15.9. The van der Waals surface area contributed by atoms with E-state index in [2.05, 4.69) is 15.5 Å². The number of hydrogen-bond acceptors (Lipinski definition) is 4. The summed E-state index contributed by atoms with van der Waals surface area (Å²) in [6.07, 6.45) is 0.726. The summed E-state index contributed by atoms with van der Waals surface area (Å²) in [6, 6.07) is 12.1. The quantitative estimate of drug-likeness (QED) is 0.578. The predicted molar refractivity (Wildman–Crippen MR) is 127 cm³/mol. The minimum Gasteiger partial charge on any atom is -0.379 e. The van der Waals surface area contributed by atoms with E-state index in [0.717, 1.165) is 25.1 Å². The average Bonchev–Trinajstić information content (AvgIpc) is 2.84. The maximum absolute atomic E-state index is 13.5. The van der Waals surface area contributed by atoms with Crippen molar-refractivity contribution < 1.29 is 18.7 Å². The molecule has 0 spiro atoms. The van der Waals surface area contributed by atoms with Crippen LogP contribution in [0.5, 0.6) is 0 Å². The third-order valence-electron chi connectivity index (χ3n) is 6.10. The fourth-order valence-electron chi connectivity index (χ4n) is 3.87. The Labute approximate surface area is 199 Å². The molecule has 0 bridgehead atoms. The molecule has 8 heteroatoms. The number of nitrogens with one attached hydrogen (secondary N) is 2. The van der Waals surface area contributed by atoms with E-state index in [9.17, 15) is 14.0 Å². The number of morpholine rings is 1. The molecule has 1 heterocycles. The summed E-state index contributed by atoms with van der Waals surface area (Å²) in [7, 11) is 0. The van der Waals surface area contributed by atoms with Crippen LogP contribution in [0.2, 0.25) is 5.02 Å². The topological polar surface area (TPSA) is 70.7 Å². The summed E-state index contributed by atoms with van der Waals surface area (Å²) in [5, 5.41) is 6.44. The van der Waals surface area contributed by atoms with Crippen LogP contribution in [0.15, 0.2) is 48.5 Å². The van der Waals surface area contributed by atoms with Gasteiger partial charge in [0.15, 0.2) is 0 Å². The number of amides is 2. The Balaban J connectivity index is 1.71. The summed E-state index contributed by atoms with van der Waals surface area (Å²) in [5.41, 5.74) is 1.36. The van der Waals surface area contributed by atoms with Crippen molar-refractivity contribution in [3.8, 4) is 0 Å². The molecule has 178 valence electrons. The lowest BCUT2D eigenvalue weighted by Crippen LogP contribution is -2.52. The van der Waals surface area contributed by atoms with E-state index in [4.69, 9.17) is 16.3 Å². The van der Waals surface area contributed by atoms with E-state index in [1.807, 2.05) is 13.8 Å². The standard InChI is InChI=1S/C25H31ClFN3O3/c1-3-17(2)23(29-24(31)19-4-8-20(26)9-5-19)25(32)28-16-22(30-12-14-33-15-13-30)18-6-10-21(27)11-7-18/h4-11,17,22-23H,3,12-16H2,1-2H3,(H,28,32)(H,29,31). The summed E-state index contributed by atoms with van der Waals surface area (Å²) >= 11 is 5.91. The molecule has 3 unspecified atom stereocenters. The first kappa shape index (κ1) is 25.1. The van der Waals surface area contributed by atoms with Crippen LogP contribution in [0, 0.1) is 11.7 Å². The summed E-state index contributed by atoms with van der Waals surface area (Å²) in [4.78, 5) is 28.1. The molecule has 2 amide bonds. The molecule has 6 nitrogen and oxygen atoms in total. The number of halogens is 2. The van der Waals surface area contributed by atoms with Gasteiger partial charge in [-0.1, -0.05) is 44.0 Å². The van der Waals surface area contributed by atoms with Gasteiger partial charge in [-0.05, 0) is 47.9 Å². The monoisotopic (exact) mass is 475 g/mol. The zero-order valence-electron chi connectivity index (χ0n) is 19.0. The van der Waals surface area contributed by atoms with Crippen molar-refractivity contribution in [2.24, 2.45) is 5.92 Å². The van der Waals surface area contributed by atoms with Crippen molar-refractivity contribution in [2.45, 2.75) is 32.4 Å². The third-order valence-corrected chi connectivity index (χ3v) is 6.35. The average molecular weight is 476 g/mol. The molecular weight excluding hydrogens is 445 g/mol. The number of benzene rings is 2. The minimum absolute atomic E-state index is 0.0612. The molecule has 3 atom stereocenters. The van der Waals surface area contributed by atoms with Gasteiger partial charge in [0.1, 0.15) is 11.9 Å². The highest BCUT2D eigenvalue weighted by Gasteiger charge is 2.29. The Hall–Kier alpha value is -2.48. The molecule has 2 aromatic rings. The number of hydrogen-bond donors (Lipinski definition) is 2. The Kier molecular flexibility index (Phi) is 9.23. The van der Waals surface area contributed by atoms with Crippen LogP contribution in [0.4, 0.5) is 4.39 Å². The molecule has 1 fully saturated rings. The number of nitrogens with zero attached hydrogens (tertiary/aromatic N) is 1. The SMILES string of the molecule is CCC(C)C(NC(=O)c1ccc(Cl)cc1)C(=O)NCC(c1ccc(F)cc1)N1CCOCC1. The smallest absolute Gasteiger partial charge is 0.251 e. The van der Waals surface area contributed by atoms with Crippen LogP contribution in [-0.2, 0) is 9.53 Å². The van der Waals surface area contributed by atoms with E-state index in [-0.39, 0.29) is 29.6 Å². The lowest BCUT2D eigenvalue weighted by atomic mass is 9.97. The third kappa shape index (κ3) is 7.00. The van der Waals surface area contributed by atoms with Gasteiger partial charge >= 0.3 is 0 Å². The fourth-order valence-corrected chi connectivity index (χ4v) is 3.99. The van der Waals surface area contributed by atoms with Gasteiger partial charge in [-0.2, -0.15) is 0 Å². The van der Waals surface area contributed by atoms with Gasteiger partial charge in [0.25, 0.3) is 5.91 Å². The second kappa shape index (κ2) is 12.1. The van der Waals surface area contributed by atoms with Crippen molar-refractivity contribution in [3.05, 3.63) is 70.5 Å². The second-order valence-electron chi connectivity index (χ2n) is 8.30. The second-order valence-corrected chi connectivity index (χ2v) is 8.74. The van der Waals surface area contributed by atoms with Crippen LogP contribution < -0.4 is 10.6 Å². The molecule has 2 N–H and O–H groups in total. The van der Waals surface area contributed by atoms with Gasteiger partial charge in [-0.3, -0.25) is 14.5 Å². The van der Waals surface area contributed by atoms with E-state index in [1.54, 1.807) is 36.4 Å². The van der Waals surface area contributed by atoms with Crippen molar-refractivity contribution in [2.75, 3.05) is 32.8 Å². The first-order valence-electron chi connectivity index (χ1n) is 11.3. The molecular formula is C25H31ClFN3O3. The molecule has 0 saturated carbocycles. The molecule has 33 heavy (non-hydrogen) atoms. The highest BCUT2D eigenvalue weighted by molar-refractivity contribution is 6.30. The van der Waals surface area contributed by atoms with Crippen LogP contribution in [0.3, 0.4) is 0 Å².